The number of nitrogens with one attached hydrogen (secondary N) is 1. The fraction of sp³-hybridized carbons (Fsp3) is 0.583. The van der Waals surface area contributed by atoms with E-state index in [1.54, 1.807) is 0 Å². The van der Waals surface area contributed by atoms with Crippen molar-refractivity contribution >= 4 is 16.1 Å². The monoisotopic (exact) mass is 223 g/mol. The fourth-order valence-electron chi connectivity index (χ4n) is 2.45. The number of piperidine rings is 1. The summed E-state index contributed by atoms with van der Waals surface area (Å²) in [4.78, 5) is 0.964. The molecule has 1 heterocycles. The fourth-order valence-corrected chi connectivity index (χ4v) is 2.87. The molecule has 0 aromatic carbocycles. The first kappa shape index (κ1) is 10.8. The van der Waals surface area contributed by atoms with Crippen LogP contribution in [0.2, 0.25) is 0 Å². The molecule has 2 nitrogen and oxygen atoms in total. The lowest BCUT2D eigenvalue weighted by atomic mass is 9.80. The zero-order valence-corrected chi connectivity index (χ0v) is 9.85. The summed E-state index contributed by atoms with van der Waals surface area (Å²) < 4.78 is 10.9. The van der Waals surface area contributed by atoms with Gasteiger partial charge in [0.05, 0.1) is 16.1 Å². The Bertz CT molecular complexity index is 347. The van der Waals surface area contributed by atoms with Crippen LogP contribution in [0.1, 0.15) is 19.8 Å². The molecule has 1 aliphatic carbocycles. The van der Waals surface area contributed by atoms with Crippen molar-refractivity contribution in [3.63, 3.8) is 0 Å². The van der Waals surface area contributed by atoms with Gasteiger partial charge in [0, 0.05) is 5.92 Å². The molecule has 0 amide bonds. The molecule has 1 saturated heterocycles. The first-order chi connectivity index (χ1) is 7.33. The highest BCUT2D eigenvalue weighted by atomic mass is 32.1. The minimum Gasteiger partial charge on any atom is -0.317 e. The largest absolute Gasteiger partial charge is 0.317 e. The van der Waals surface area contributed by atoms with Crippen molar-refractivity contribution in [1.82, 2.24) is 5.32 Å². The van der Waals surface area contributed by atoms with Gasteiger partial charge in [-0.3, -0.25) is 0 Å². The highest BCUT2D eigenvalue weighted by Gasteiger charge is 2.24. The molecule has 2 aliphatic rings. The van der Waals surface area contributed by atoms with Gasteiger partial charge in [-0.25, -0.2) is 4.21 Å². The van der Waals surface area contributed by atoms with Crippen LogP contribution in [0.4, 0.5) is 0 Å². The van der Waals surface area contributed by atoms with Crippen LogP contribution < -0.4 is 5.32 Å². The summed E-state index contributed by atoms with van der Waals surface area (Å²) in [5.74, 6) is 1.01. The molecular formula is C12H17NOS. The van der Waals surface area contributed by atoms with Gasteiger partial charge >= 0.3 is 0 Å². The Labute approximate surface area is 94.5 Å². The second-order valence-electron chi connectivity index (χ2n) is 4.26. The summed E-state index contributed by atoms with van der Waals surface area (Å²) in [5, 5.41) is 3.37. The van der Waals surface area contributed by atoms with Crippen LogP contribution in [0, 0.1) is 11.8 Å². The van der Waals surface area contributed by atoms with E-state index < -0.39 is 0 Å². The smallest absolute Gasteiger partial charge is 0.0926 e. The van der Waals surface area contributed by atoms with E-state index in [-0.39, 0.29) is 0 Å². The van der Waals surface area contributed by atoms with E-state index >= 15 is 0 Å². The minimum atomic E-state index is 0.334. The zero-order valence-electron chi connectivity index (χ0n) is 9.03. The van der Waals surface area contributed by atoms with E-state index in [0.717, 1.165) is 18.0 Å². The Balaban J connectivity index is 2.17. The van der Waals surface area contributed by atoms with E-state index in [9.17, 15) is 4.21 Å². The molecule has 1 aliphatic heterocycles. The summed E-state index contributed by atoms with van der Waals surface area (Å²) in [5.41, 5.74) is 1.46. The second kappa shape index (κ2) is 4.90. The van der Waals surface area contributed by atoms with Gasteiger partial charge in [0.15, 0.2) is 0 Å². The van der Waals surface area contributed by atoms with Crippen LogP contribution in [-0.2, 0) is 11.3 Å². The van der Waals surface area contributed by atoms with Crippen molar-refractivity contribution < 1.29 is 4.21 Å². The minimum absolute atomic E-state index is 0.334. The first-order valence-corrected chi connectivity index (χ1v) is 6.32. The first-order valence-electron chi connectivity index (χ1n) is 5.58. The Morgan fingerprint density at radius 3 is 2.80 bits per heavy atom. The van der Waals surface area contributed by atoms with Gasteiger partial charge in [-0.05, 0) is 37.9 Å². The average Bonchev–Trinajstić information content (AvgIpc) is 2.30. The highest BCUT2D eigenvalue weighted by Crippen LogP contribution is 2.30. The molecule has 82 valence electrons. The Morgan fingerprint density at radius 2 is 2.13 bits per heavy atom. The quantitative estimate of drug-likeness (QED) is 0.683. The molecule has 0 aromatic rings. The van der Waals surface area contributed by atoms with E-state index in [1.165, 1.54) is 18.4 Å². The van der Waals surface area contributed by atoms with Gasteiger partial charge in [0.2, 0.25) is 0 Å². The maximum atomic E-state index is 10.9. The van der Waals surface area contributed by atoms with Gasteiger partial charge in [-0.1, -0.05) is 24.6 Å². The summed E-state index contributed by atoms with van der Waals surface area (Å²) in [6.45, 7) is 4.37. The zero-order chi connectivity index (χ0) is 10.7. The Hall–Kier alpha value is -0.670. The highest BCUT2D eigenvalue weighted by molar-refractivity contribution is 7.67. The van der Waals surface area contributed by atoms with Gasteiger partial charge < -0.3 is 5.32 Å². The van der Waals surface area contributed by atoms with Crippen LogP contribution in [0.3, 0.4) is 0 Å². The number of hydrogen-bond acceptors (Lipinski definition) is 2. The standard InChI is InChI=1S/C12H17NOS/c1-9-11(3-2-4-12(9)15-14)10-5-7-13-8-6-10/h2-4,9-10,13H,5-8H2,1H3. The normalized spacial score (nSPS) is 27.7. The van der Waals surface area contributed by atoms with Crippen molar-refractivity contribution in [3.8, 4) is 0 Å². The van der Waals surface area contributed by atoms with Gasteiger partial charge in [0.25, 0.3) is 0 Å². The summed E-state index contributed by atoms with van der Waals surface area (Å²) in [6.07, 6.45) is 8.60. The summed E-state index contributed by atoms with van der Waals surface area (Å²) in [7, 11) is 0. The van der Waals surface area contributed by atoms with E-state index in [4.69, 9.17) is 0 Å². The van der Waals surface area contributed by atoms with Crippen LogP contribution in [0.15, 0.2) is 23.8 Å². The predicted molar refractivity (Wildman–Crippen MR) is 65.1 cm³/mol. The third-order valence-corrected chi connectivity index (χ3v) is 4.06. The van der Waals surface area contributed by atoms with Crippen molar-refractivity contribution in [3.05, 3.63) is 23.8 Å². The maximum Gasteiger partial charge on any atom is 0.0926 e. The third-order valence-electron chi connectivity index (χ3n) is 3.38. The van der Waals surface area contributed by atoms with Crippen LogP contribution in [0.25, 0.3) is 0 Å². The lowest BCUT2D eigenvalue weighted by molar-refractivity contribution is 0.406. The second-order valence-corrected chi connectivity index (χ2v) is 4.90. The third kappa shape index (κ3) is 2.29. The maximum absolute atomic E-state index is 10.9. The van der Waals surface area contributed by atoms with E-state index in [2.05, 4.69) is 18.3 Å². The average molecular weight is 223 g/mol. The molecule has 1 unspecified atom stereocenters. The molecule has 3 heteroatoms. The van der Waals surface area contributed by atoms with Crippen molar-refractivity contribution in [2.75, 3.05) is 13.1 Å². The molecule has 1 fully saturated rings. The summed E-state index contributed by atoms with van der Waals surface area (Å²) in [6, 6.07) is 0. The van der Waals surface area contributed by atoms with Crippen LogP contribution in [0.5, 0.6) is 0 Å². The molecule has 0 saturated carbocycles. The number of rotatable bonds is 1. The number of allylic oxidation sites excluding steroid dienone is 4. The van der Waals surface area contributed by atoms with Gasteiger partial charge in [0.1, 0.15) is 0 Å². The molecular weight excluding hydrogens is 206 g/mol. The molecule has 0 spiro atoms. The molecule has 0 aromatic heterocycles. The Kier molecular flexibility index (Phi) is 3.54. The van der Waals surface area contributed by atoms with E-state index in [1.807, 2.05) is 12.2 Å². The molecule has 1 atom stereocenters. The lowest BCUT2D eigenvalue weighted by Gasteiger charge is -2.29. The predicted octanol–water partition coefficient (Wildman–Crippen LogP) is 1.50. The Morgan fingerprint density at radius 1 is 1.40 bits per heavy atom. The van der Waals surface area contributed by atoms with Crippen LogP contribution in [-0.4, -0.2) is 22.2 Å². The topological polar surface area (TPSA) is 29.1 Å². The lowest BCUT2D eigenvalue weighted by Crippen LogP contribution is -2.31. The number of hydrogen-bond donors (Lipinski definition) is 1. The molecule has 15 heavy (non-hydrogen) atoms. The molecule has 0 bridgehead atoms. The molecule has 1 N–H and O–H groups in total. The van der Waals surface area contributed by atoms with Crippen molar-refractivity contribution in [1.29, 1.82) is 0 Å². The molecule has 0 radical (unpaired) electrons. The molecule has 2 rings (SSSR count). The van der Waals surface area contributed by atoms with Crippen molar-refractivity contribution in [2.24, 2.45) is 11.8 Å². The van der Waals surface area contributed by atoms with Crippen LogP contribution >= 0.6 is 0 Å². The summed E-state index contributed by atoms with van der Waals surface area (Å²) >= 11 is 0.645. The van der Waals surface area contributed by atoms with Gasteiger partial charge in [-0.2, -0.15) is 0 Å². The van der Waals surface area contributed by atoms with E-state index in [0.29, 0.717) is 23.1 Å². The SMILES string of the molecule is CC1C(C2CCNCC2)=CC=CC1=S=O. The van der Waals surface area contributed by atoms with Crippen molar-refractivity contribution in [2.45, 2.75) is 19.8 Å². The van der Waals surface area contributed by atoms with Gasteiger partial charge in [-0.15, -0.1) is 0 Å².